The highest BCUT2D eigenvalue weighted by Gasteiger charge is 2.15. The van der Waals surface area contributed by atoms with Gasteiger partial charge in [-0.3, -0.25) is 4.98 Å². The van der Waals surface area contributed by atoms with Crippen LogP contribution in [0.15, 0.2) is 29.8 Å². The van der Waals surface area contributed by atoms with Gasteiger partial charge in [0.15, 0.2) is 0 Å². The van der Waals surface area contributed by atoms with Crippen LogP contribution in [0.3, 0.4) is 0 Å². The molecule has 0 radical (unpaired) electrons. The second-order valence-electron chi connectivity index (χ2n) is 5.69. The van der Waals surface area contributed by atoms with Crippen LogP contribution >= 0.6 is 22.7 Å². The summed E-state index contributed by atoms with van der Waals surface area (Å²) >= 11 is 3.75. The fourth-order valence-electron chi connectivity index (χ4n) is 2.95. The van der Waals surface area contributed by atoms with Gasteiger partial charge in [0.1, 0.15) is 0 Å². The highest BCUT2D eigenvalue weighted by Crippen LogP contribution is 2.31. The van der Waals surface area contributed by atoms with Crippen molar-refractivity contribution in [2.24, 2.45) is 0 Å². The third-order valence-electron chi connectivity index (χ3n) is 4.20. The lowest BCUT2D eigenvalue weighted by Crippen LogP contribution is -2.17. The van der Waals surface area contributed by atoms with Gasteiger partial charge in [-0.05, 0) is 60.9 Å². The van der Waals surface area contributed by atoms with Crippen molar-refractivity contribution in [1.29, 1.82) is 0 Å². The lowest BCUT2D eigenvalue weighted by molar-refractivity contribution is 0.578. The largest absolute Gasteiger partial charge is 0.305 e. The molecule has 0 bridgehead atoms. The molecule has 3 aromatic rings. The molecular formula is C17H18N2S2. The van der Waals surface area contributed by atoms with E-state index in [1.807, 2.05) is 17.5 Å². The Kier molecular flexibility index (Phi) is 3.53. The number of nitrogens with one attached hydrogen (secondary N) is 1. The van der Waals surface area contributed by atoms with E-state index in [-0.39, 0.29) is 0 Å². The minimum Gasteiger partial charge on any atom is -0.305 e. The number of aryl methyl sites for hydroxylation is 2. The van der Waals surface area contributed by atoms with Crippen molar-refractivity contribution in [3.63, 3.8) is 0 Å². The van der Waals surface area contributed by atoms with Gasteiger partial charge in [0.2, 0.25) is 0 Å². The van der Waals surface area contributed by atoms with Crippen molar-refractivity contribution in [3.8, 4) is 0 Å². The summed E-state index contributed by atoms with van der Waals surface area (Å²) in [5.74, 6) is 0. The lowest BCUT2D eigenvalue weighted by Gasteiger charge is -2.13. The van der Waals surface area contributed by atoms with Crippen LogP contribution < -0.4 is 5.32 Å². The van der Waals surface area contributed by atoms with Gasteiger partial charge in [0, 0.05) is 28.5 Å². The summed E-state index contributed by atoms with van der Waals surface area (Å²) in [4.78, 5) is 7.61. The molecule has 4 rings (SSSR count). The third-order valence-corrected chi connectivity index (χ3v) is 6.29. The standard InChI is InChI=1S/C17H18N2S2/c1-11(13-8-17-15(19-9-13)5-6-20-17)18-10-14-7-12-3-2-4-16(12)21-14/h5-9,11,18H,2-4,10H2,1H3. The molecule has 1 unspecified atom stereocenters. The molecule has 1 N–H and O–H groups in total. The van der Waals surface area contributed by atoms with Crippen molar-refractivity contribution >= 4 is 32.9 Å². The maximum absolute atomic E-state index is 4.53. The summed E-state index contributed by atoms with van der Waals surface area (Å²) in [5.41, 5.74) is 3.96. The summed E-state index contributed by atoms with van der Waals surface area (Å²) < 4.78 is 1.27. The van der Waals surface area contributed by atoms with Crippen molar-refractivity contribution in [2.45, 2.75) is 38.8 Å². The van der Waals surface area contributed by atoms with Gasteiger partial charge in [-0.15, -0.1) is 22.7 Å². The molecule has 0 spiro atoms. The molecule has 2 nitrogen and oxygen atoms in total. The smallest absolute Gasteiger partial charge is 0.0809 e. The molecule has 0 aliphatic heterocycles. The Hall–Kier alpha value is -1.23. The van der Waals surface area contributed by atoms with Crippen LogP contribution in [0.2, 0.25) is 0 Å². The van der Waals surface area contributed by atoms with Gasteiger partial charge in [-0.2, -0.15) is 0 Å². The Labute approximate surface area is 132 Å². The van der Waals surface area contributed by atoms with Gasteiger partial charge in [-0.1, -0.05) is 0 Å². The van der Waals surface area contributed by atoms with Gasteiger partial charge in [0.05, 0.1) is 10.2 Å². The highest BCUT2D eigenvalue weighted by molar-refractivity contribution is 7.17. The molecule has 0 aromatic carbocycles. The monoisotopic (exact) mass is 314 g/mol. The first-order valence-electron chi connectivity index (χ1n) is 7.46. The number of aromatic nitrogens is 1. The Balaban J connectivity index is 1.45. The van der Waals surface area contributed by atoms with Crippen molar-refractivity contribution < 1.29 is 0 Å². The highest BCUT2D eigenvalue weighted by atomic mass is 32.1. The van der Waals surface area contributed by atoms with Gasteiger partial charge < -0.3 is 5.32 Å². The van der Waals surface area contributed by atoms with E-state index in [0.717, 1.165) is 12.1 Å². The third kappa shape index (κ3) is 2.63. The van der Waals surface area contributed by atoms with Gasteiger partial charge >= 0.3 is 0 Å². The van der Waals surface area contributed by atoms with E-state index in [9.17, 15) is 0 Å². The normalized spacial score (nSPS) is 15.5. The summed E-state index contributed by atoms with van der Waals surface area (Å²) in [5, 5.41) is 5.74. The number of nitrogens with zero attached hydrogens (tertiary/aromatic N) is 1. The first-order valence-corrected chi connectivity index (χ1v) is 9.16. The first kappa shape index (κ1) is 13.4. The molecule has 3 heterocycles. The summed E-state index contributed by atoms with van der Waals surface area (Å²) in [6.07, 6.45) is 5.91. The molecule has 1 atom stereocenters. The Morgan fingerprint density at radius 2 is 2.29 bits per heavy atom. The van der Waals surface area contributed by atoms with E-state index >= 15 is 0 Å². The minimum atomic E-state index is 0.334. The summed E-state index contributed by atoms with van der Waals surface area (Å²) in [6.45, 7) is 3.18. The van der Waals surface area contributed by atoms with Crippen LogP contribution in [0, 0.1) is 0 Å². The van der Waals surface area contributed by atoms with Crippen LogP contribution in [0.5, 0.6) is 0 Å². The quantitative estimate of drug-likeness (QED) is 0.755. The van der Waals surface area contributed by atoms with E-state index in [1.165, 1.54) is 34.4 Å². The fourth-order valence-corrected chi connectivity index (χ4v) is 4.95. The Morgan fingerprint density at radius 3 is 3.19 bits per heavy atom. The molecule has 1 aliphatic rings. The molecule has 0 amide bonds. The van der Waals surface area contributed by atoms with E-state index in [1.54, 1.807) is 21.8 Å². The minimum absolute atomic E-state index is 0.334. The van der Waals surface area contributed by atoms with Crippen molar-refractivity contribution in [3.05, 3.63) is 50.7 Å². The molecule has 0 fully saturated rings. The van der Waals surface area contributed by atoms with Crippen molar-refractivity contribution in [2.75, 3.05) is 0 Å². The van der Waals surface area contributed by atoms with Crippen LogP contribution in [-0.2, 0) is 19.4 Å². The second-order valence-corrected chi connectivity index (χ2v) is 7.86. The first-order chi connectivity index (χ1) is 10.3. The Morgan fingerprint density at radius 1 is 1.33 bits per heavy atom. The summed E-state index contributed by atoms with van der Waals surface area (Å²) in [6, 6.07) is 7.07. The Bertz CT molecular complexity index is 751. The predicted molar refractivity (Wildman–Crippen MR) is 91.2 cm³/mol. The van der Waals surface area contributed by atoms with Crippen LogP contribution in [0.25, 0.3) is 10.2 Å². The van der Waals surface area contributed by atoms with E-state index in [0.29, 0.717) is 6.04 Å². The number of hydrogen-bond acceptors (Lipinski definition) is 4. The molecular weight excluding hydrogens is 296 g/mol. The lowest BCUT2D eigenvalue weighted by atomic mass is 10.1. The summed E-state index contributed by atoms with van der Waals surface area (Å²) in [7, 11) is 0. The topological polar surface area (TPSA) is 24.9 Å². The number of fused-ring (bicyclic) bond motifs is 2. The zero-order valence-corrected chi connectivity index (χ0v) is 13.7. The van der Waals surface area contributed by atoms with E-state index in [2.05, 4.69) is 40.8 Å². The molecule has 21 heavy (non-hydrogen) atoms. The molecule has 3 aromatic heterocycles. The molecule has 108 valence electrons. The predicted octanol–water partition coefficient (Wildman–Crippen LogP) is 4.70. The number of hydrogen-bond donors (Lipinski definition) is 1. The average Bonchev–Trinajstić information content (AvgIpc) is 3.18. The van der Waals surface area contributed by atoms with Crippen LogP contribution in [0.4, 0.5) is 0 Å². The SMILES string of the molecule is CC(NCc1cc2c(s1)CCC2)c1cnc2ccsc2c1. The molecule has 1 aliphatic carbocycles. The number of thiophene rings is 2. The van der Waals surface area contributed by atoms with Crippen molar-refractivity contribution in [1.82, 2.24) is 10.3 Å². The van der Waals surface area contributed by atoms with E-state index in [4.69, 9.17) is 0 Å². The average molecular weight is 314 g/mol. The zero-order chi connectivity index (χ0) is 14.2. The van der Waals surface area contributed by atoms with Crippen LogP contribution in [-0.4, -0.2) is 4.98 Å². The number of pyridine rings is 1. The maximum Gasteiger partial charge on any atom is 0.0809 e. The van der Waals surface area contributed by atoms with Gasteiger partial charge in [0.25, 0.3) is 0 Å². The molecule has 0 saturated heterocycles. The van der Waals surface area contributed by atoms with E-state index < -0.39 is 0 Å². The number of rotatable bonds is 4. The zero-order valence-electron chi connectivity index (χ0n) is 12.1. The second kappa shape index (κ2) is 5.52. The molecule has 0 saturated carbocycles. The van der Waals surface area contributed by atoms with Crippen LogP contribution in [0.1, 0.15) is 40.3 Å². The fraction of sp³-hybridized carbons (Fsp3) is 0.353. The maximum atomic E-state index is 4.53. The van der Waals surface area contributed by atoms with Gasteiger partial charge in [-0.25, -0.2) is 0 Å². The molecule has 4 heteroatoms.